The Bertz CT molecular complexity index is 937. The summed E-state index contributed by atoms with van der Waals surface area (Å²) in [6.07, 6.45) is -4.56. The van der Waals surface area contributed by atoms with Crippen LogP contribution in [0.1, 0.15) is 11.3 Å². The summed E-state index contributed by atoms with van der Waals surface area (Å²) in [6, 6.07) is 4.11. The van der Waals surface area contributed by atoms with Gasteiger partial charge in [-0.05, 0) is 30.7 Å². The van der Waals surface area contributed by atoms with Crippen LogP contribution >= 0.6 is 11.6 Å². The zero-order chi connectivity index (χ0) is 19.9. The van der Waals surface area contributed by atoms with Crippen molar-refractivity contribution in [2.45, 2.75) is 13.1 Å². The number of ether oxygens (including phenoxy) is 1. The number of carbonyl (C=O) groups excluding carboxylic acids is 1. The summed E-state index contributed by atoms with van der Waals surface area (Å²) in [5, 5.41) is 3.91. The van der Waals surface area contributed by atoms with Crippen LogP contribution in [-0.2, 0) is 18.0 Å². The number of hydrogen-bond acceptors (Lipinski definition) is 4. The highest BCUT2D eigenvalue weighted by Gasteiger charge is 2.35. The van der Waals surface area contributed by atoms with E-state index in [0.717, 1.165) is 10.7 Å². The molecule has 0 spiro atoms. The van der Waals surface area contributed by atoms with Gasteiger partial charge in [-0.25, -0.2) is 0 Å². The molecule has 0 N–H and O–H groups in total. The Hall–Kier alpha value is -2.55. The molecule has 144 valence electrons. The number of likely N-dealkylation sites (N-methyl/N-ethyl adjacent to an activating group) is 1. The molecule has 0 radical (unpaired) electrons. The quantitative estimate of drug-likeness (QED) is 0.791. The Morgan fingerprint density at radius 3 is 2.52 bits per heavy atom. The molecule has 6 nitrogen and oxygen atoms in total. The number of alkyl halides is 3. The topological polar surface area (TPSA) is 59.7 Å². The number of halogens is 4. The highest BCUT2D eigenvalue weighted by molar-refractivity contribution is 6.31. The van der Waals surface area contributed by atoms with Crippen molar-refractivity contribution in [3.63, 3.8) is 0 Å². The average molecular weight is 401 g/mol. The molecule has 0 saturated carbocycles. The Balaban J connectivity index is 1.97. The molecule has 1 aliphatic heterocycles. The normalized spacial score (nSPS) is 14.7. The molecule has 1 aromatic carbocycles. The van der Waals surface area contributed by atoms with Gasteiger partial charge in [0.2, 0.25) is 5.91 Å². The summed E-state index contributed by atoms with van der Waals surface area (Å²) >= 11 is 6.17. The first kappa shape index (κ1) is 19.2. The van der Waals surface area contributed by atoms with Crippen molar-refractivity contribution in [2.75, 3.05) is 20.2 Å². The van der Waals surface area contributed by atoms with Gasteiger partial charge in [-0.15, -0.1) is 0 Å². The predicted molar refractivity (Wildman–Crippen MR) is 94.0 cm³/mol. The minimum Gasteiger partial charge on any atom is -0.485 e. The fourth-order valence-corrected chi connectivity index (χ4v) is 2.80. The average Bonchev–Trinajstić information content (AvgIpc) is 3.12. The number of nitrogens with zero attached hydrogens (tertiary/aromatic N) is 4. The molecule has 10 heteroatoms. The Labute approximate surface area is 158 Å². The van der Waals surface area contributed by atoms with E-state index in [0.29, 0.717) is 27.7 Å². The van der Waals surface area contributed by atoms with E-state index in [2.05, 4.69) is 10.1 Å². The zero-order valence-electron chi connectivity index (χ0n) is 14.8. The van der Waals surface area contributed by atoms with E-state index in [1.165, 1.54) is 18.0 Å². The second-order valence-electron chi connectivity index (χ2n) is 6.11. The van der Waals surface area contributed by atoms with Gasteiger partial charge in [0.05, 0.1) is 5.69 Å². The predicted octanol–water partition coefficient (Wildman–Crippen LogP) is 3.32. The monoisotopic (exact) mass is 400 g/mol. The van der Waals surface area contributed by atoms with E-state index >= 15 is 0 Å². The lowest BCUT2D eigenvalue weighted by molar-refractivity contribution is -0.141. The van der Waals surface area contributed by atoms with E-state index in [4.69, 9.17) is 16.3 Å². The summed E-state index contributed by atoms with van der Waals surface area (Å²) in [7, 11) is 3.00. The SMILES string of the molecule is Cc1cc(OCC2=NCC(=O)N2C)c(-c2cc(C(F)(F)F)nn2C)cc1Cl. The van der Waals surface area contributed by atoms with Crippen molar-refractivity contribution in [3.8, 4) is 17.0 Å². The molecule has 0 unspecified atom stereocenters. The summed E-state index contributed by atoms with van der Waals surface area (Å²) in [4.78, 5) is 17.0. The molecule has 2 heterocycles. The molecular formula is C17H16ClF3N4O2. The van der Waals surface area contributed by atoms with Gasteiger partial charge in [0.25, 0.3) is 0 Å². The largest absolute Gasteiger partial charge is 0.485 e. The van der Waals surface area contributed by atoms with Crippen LogP contribution < -0.4 is 4.74 Å². The minimum absolute atomic E-state index is 0.000289. The summed E-state index contributed by atoms with van der Waals surface area (Å²) in [6.45, 7) is 1.81. The van der Waals surface area contributed by atoms with Crippen LogP contribution in [0.3, 0.4) is 0 Å². The van der Waals surface area contributed by atoms with Crippen LogP contribution in [0.25, 0.3) is 11.3 Å². The van der Waals surface area contributed by atoms with Crippen LogP contribution in [0.15, 0.2) is 23.2 Å². The highest BCUT2D eigenvalue weighted by Crippen LogP contribution is 2.37. The number of rotatable bonds is 4. The van der Waals surface area contributed by atoms with E-state index < -0.39 is 11.9 Å². The fourth-order valence-electron chi connectivity index (χ4n) is 2.63. The highest BCUT2D eigenvalue weighted by atomic mass is 35.5. The maximum Gasteiger partial charge on any atom is 0.435 e. The number of aliphatic imine (C=N–C) groups is 1. The van der Waals surface area contributed by atoms with E-state index in [9.17, 15) is 18.0 Å². The van der Waals surface area contributed by atoms with E-state index in [1.807, 2.05) is 0 Å². The van der Waals surface area contributed by atoms with Crippen LogP contribution in [0, 0.1) is 6.92 Å². The van der Waals surface area contributed by atoms with Gasteiger partial charge in [0.1, 0.15) is 24.7 Å². The minimum atomic E-state index is -4.56. The van der Waals surface area contributed by atoms with Crippen LogP contribution in [0.5, 0.6) is 5.75 Å². The molecule has 0 aliphatic carbocycles. The standard InChI is InChI=1S/C17H16ClF3N4O2/c1-9-4-13(27-8-15-22-7-16(26)24(15)2)10(5-11(9)18)12-6-14(17(19,20)21)23-25(12)3/h4-6H,7-8H2,1-3H3. The van der Waals surface area contributed by atoms with E-state index in [-0.39, 0.29) is 24.8 Å². The zero-order valence-corrected chi connectivity index (χ0v) is 15.5. The molecular weight excluding hydrogens is 385 g/mol. The number of aromatic nitrogens is 2. The molecule has 0 bridgehead atoms. The van der Waals surface area contributed by atoms with Gasteiger partial charge in [0.15, 0.2) is 5.69 Å². The lowest BCUT2D eigenvalue weighted by Gasteiger charge is -2.16. The van der Waals surface area contributed by atoms with Gasteiger partial charge in [0, 0.05) is 24.7 Å². The van der Waals surface area contributed by atoms with Gasteiger partial charge >= 0.3 is 6.18 Å². The molecule has 0 fully saturated rings. The first-order chi connectivity index (χ1) is 12.6. The number of carbonyl (C=O) groups is 1. The molecule has 0 saturated heterocycles. The second kappa shape index (κ2) is 6.88. The molecule has 3 rings (SSSR count). The summed E-state index contributed by atoms with van der Waals surface area (Å²) in [5.74, 6) is 0.617. The first-order valence-electron chi connectivity index (χ1n) is 7.92. The van der Waals surface area contributed by atoms with Gasteiger partial charge in [-0.1, -0.05) is 11.6 Å². The third-order valence-corrected chi connectivity index (χ3v) is 4.63. The van der Waals surface area contributed by atoms with Crippen molar-refractivity contribution in [3.05, 3.63) is 34.5 Å². The number of aryl methyl sites for hydroxylation is 2. The van der Waals surface area contributed by atoms with Crippen molar-refractivity contribution < 1.29 is 22.7 Å². The molecule has 1 amide bonds. The number of benzene rings is 1. The van der Waals surface area contributed by atoms with Gasteiger partial charge < -0.3 is 4.74 Å². The van der Waals surface area contributed by atoms with Crippen molar-refractivity contribution in [1.29, 1.82) is 0 Å². The van der Waals surface area contributed by atoms with Crippen LogP contribution in [-0.4, -0.2) is 46.6 Å². The Kier molecular flexibility index (Phi) is 4.90. The Morgan fingerprint density at radius 2 is 1.96 bits per heavy atom. The summed E-state index contributed by atoms with van der Waals surface area (Å²) < 4.78 is 45.9. The smallest absolute Gasteiger partial charge is 0.435 e. The van der Waals surface area contributed by atoms with Gasteiger partial charge in [-0.3, -0.25) is 19.4 Å². The summed E-state index contributed by atoms with van der Waals surface area (Å²) in [5.41, 5.74) is 0.264. The molecule has 2 aromatic rings. The third-order valence-electron chi connectivity index (χ3n) is 4.22. The molecule has 27 heavy (non-hydrogen) atoms. The van der Waals surface area contributed by atoms with Crippen molar-refractivity contribution in [2.24, 2.45) is 12.0 Å². The van der Waals surface area contributed by atoms with Crippen molar-refractivity contribution in [1.82, 2.24) is 14.7 Å². The molecule has 1 aromatic heterocycles. The Morgan fingerprint density at radius 1 is 1.26 bits per heavy atom. The maximum absolute atomic E-state index is 13.0. The lowest BCUT2D eigenvalue weighted by Crippen LogP contribution is -2.31. The van der Waals surface area contributed by atoms with E-state index in [1.54, 1.807) is 20.0 Å². The molecule has 0 atom stereocenters. The van der Waals surface area contributed by atoms with Crippen molar-refractivity contribution >= 4 is 23.3 Å². The maximum atomic E-state index is 13.0. The third kappa shape index (κ3) is 3.78. The van der Waals surface area contributed by atoms with Crippen LogP contribution in [0.2, 0.25) is 5.02 Å². The lowest BCUT2D eigenvalue weighted by atomic mass is 10.1. The number of amides is 1. The van der Waals surface area contributed by atoms with Gasteiger partial charge in [-0.2, -0.15) is 18.3 Å². The fraction of sp³-hybridized carbons (Fsp3) is 0.353. The number of hydrogen-bond donors (Lipinski definition) is 0. The second-order valence-corrected chi connectivity index (χ2v) is 6.51. The number of amidine groups is 1. The first-order valence-corrected chi connectivity index (χ1v) is 8.30. The molecule has 1 aliphatic rings. The van der Waals surface area contributed by atoms with Crippen LogP contribution in [0.4, 0.5) is 13.2 Å².